The van der Waals surface area contributed by atoms with E-state index in [0.717, 1.165) is 16.8 Å². The van der Waals surface area contributed by atoms with Gasteiger partial charge in [-0.3, -0.25) is 4.90 Å². The van der Waals surface area contributed by atoms with Crippen molar-refractivity contribution in [2.75, 3.05) is 18.6 Å². The number of para-hydroxylation sites is 1. The average molecular weight is 307 g/mol. The third-order valence-electron chi connectivity index (χ3n) is 3.47. The van der Waals surface area contributed by atoms with Gasteiger partial charge in [-0.15, -0.1) is 6.58 Å². The summed E-state index contributed by atoms with van der Waals surface area (Å²) in [6, 6.07) is 16.0. The third-order valence-corrected chi connectivity index (χ3v) is 3.47. The van der Waals surface area contributed by atoms with Crippen LogP contribution in [0.25, 0.3) is 12.2 Å². The van der Waals surface area contributed by atoms with E-state index in [4.69, 9.17) is 4.74 Å². The molecular weight excluding hydrogens is 286 g/mol. The minimum absolute atomic E-state index is 0.391. The van der Waals surface area contributed by atoms with E-state index in [1.54, 1.807) is 11.0 Å². The second-order valence-electron chi connectivity index (χ2n) is 5.17. The molecule has 0 N–H and O–H groups in total. The predicted octanol–water partition coefficient (Wildman–Crippen LogP) is 4.92. The van der Waals surface area contributed by atoms with Gasteiger partial charge in [0.2, 0.25) is 0 Å². The van der Waals surface area contributed by atoms with Gasteiger partial charge in [0.25, 0.3) is 0 Å². The Kier molecular flexibility index (Phi) is 5.75. The highest BCUT2D eigenvalue weighted by Gasteiger charge is 2.16. The van der Waals surface area contributed by atoms with Gasteiger partial charge in [-0.1, -0.05) is 66.3 Å². The molecule has 2 aromatic carbocycles. The molecule has 0 aromatic heterocycles. The van der Waals surface area contributed by atoms with Crippen LogP contribution in [-0.2, 0) is 4.74 Å². The van der Waals surface area contributed by atoms with Gasteiger partial charge in [-0.05, 0) is 24.1 Å². The molecule has 2 aromatic rings. The zero-order valence-corrected chi connectivity index (χ0v) is 13.5. The maximum absolute atomic E-state index is 12.0. The van der Waals surface area contributed by atoms with Gasteiger partial charge in [0, 0.05) is 6.54 Å². The number of carbonyl (C=O) groups excluding carboxylic acids is 1. The van der Waals surface area contributed by atoms with E-state index >= 15 is 0 Å². The minimum Gasteiger partial charge on any atom is -0.452 e. The van der Waals surface area contributed by atoms with E-state index in [9.17, 15) is 4.79 Å². The zero-order valence-electron chi connectivity index (χ0n) is 13.5. The first-order valence-corrected chi connectivity index (χ1v) is 7.46. The van der Waals surface area contributed by atoms with E-state index in [2.05, 4.69) is 37.8 Å². The maximum atomic E-state index is 12.0. The maximum Gasteiger partial charge on any atom is 0.414 e. The van der Waals surface area contributed by atoms with E-state index in [1.165, 1.54) is 12.7 Å². The van der Waals surface area contributed by atoms with Gasteiger partial charge >= 0.3 is 6.09 Å². The van der Waals surface area contributed by atoms with Crippen LogP contribution in [0.3, 0.4) is 0 Å². The predicted molar refractivity (Wildman–Crippen MR) is 96.5 cm³/mol. The Morgan fingerprint density at radius 2 is 1.83 bits per heavy atom. The van der Waals surface area contributed by atoms with Crippen LogP contribution in [0, 0.1) is 6.92 Å². The molecule has 0 unspecified atom stereocenters. The Morgan fingerprint density at radius 3 is 2.48 bits per heavy atom. The lowest BCUT2D eigenvalue weighted by Gasteiger charge is -2.21. The number of methoxy groups -OCH3 is 1. The third kappa shape index (κ3) is 4.33. The van der Waals surface area contributed by atoms with Crippen LogP contribution >= 0.6 is 0 Å². The highest BCUT2D eigenvalue weighted by atomic mass is 16.5. The van der Waals surface area contributed by atoms with Crippen LogP contribution in [0.1, 0.15) is 16.7 Å². The van der Waals surface area contributed by atoms with Crippen molar-refractivity contribution in [3.8, 4) is 0 Å². The Hall–Kier alpha value is -2.81. The second-order valence-corrected chi connectivity index (χ2v) is 5.17. The largest absolute Gasteiger partial charge is 0.452 e. The molecule has 118 valence electrons. The first-order chi connectivity index (χ1) is 11.2. The van der Waals surface area contributed by atoms with Crippen molar-refractivity contribution in [1.82, 2.24) is 0 Å². The zero-order chi connectivity index (χ0) is 16.7. The van der Waals surface area contributed by atoms with Crippen molar-refractivity contribution in [2.45, 2.75) is 6.92 Å². The van der Waals surface area contributed by atoms with Crippen LogP contribution in [0.4, 0.5) is 10.5 Å². The summed E-state index contributed by atoms with van der Waals surface area (Å²) in [5.74, 6) is 0. The summed E-state index contributed by atoms with van der Waals surface area (Å²) in [4.78, 5) is 13.6. The quantitative estimate of drug-likeness (QED) is 0.579. The Labute approximate surface area is 137 Å². The van der Waals surface area contributed by atoms with Crippen LogP contribution in [0.5, 0.6) is 0 Å². The minimum atomic E-state index is -0.402. The Balaban J connectivity index is 2.34. The van der Waals surface area contributed by atoms with Crippen molar-refractivity contribution in [3.05, 3.63) is 77.9 Å². The van der Waals surface area contributed by atoms with E-state index < -0.39 is 6.09 Å². The molecule has 23 heavy (non-hydrogen) atoms. The van der Waals surface area contributed by atoms with Gasteiger partial charge in [-0.25, -0.2) is 4.79 Å². The SMILES string of the molecule is C=CCN(C(=O)OC)c1ccccc1/C=C/c1ccc(C)cc1. The number of ether oxygens (including phenoxy) is 1. The molecule has 2 rings (SSSR count). The van der Waals surface area contributed by atoms with Crippen molar-refractivity contribution >= 4 is 23.9 Å². The lowest BCUT2D eigenvalue weighted by atomic mass is 10.1. The molecule has 1 amide bonds. The highest BCUT2D eigenvalue weighted by Crippen LogP contribution is 2.23. The fraction of sp³-hybridized carbons (Fsp3) is 0.150. The lowest BCUT2D eigenvalue weighted by Crippen LogP contribution is -2.31. The topological polar surface area (TPSA) is 29.5 Å². The average Bonchev–Trinajstić information content (AvgIpc) is 2.59. The van der Waals surface area contributed by atoms with Crippen LogP contribution < -0.4 is 4.90 Å². The molecule has 0 aliphatic rings. The molecule has 0 aliphatic heterocycles. The fourth-order valence-electron chi connectivity index (χ4n) is 2.25. The molecule has 0 spiro atoms. The molecule has 0 heterocycles. The van der Waals surface area contributed by atoms with Gasteiger partial charge < -0.3 is 4.74 Å². The number of aryl methyl sites for hydroxylation is 1. The van der Waals surface area contributed by atoms with Crippen molar-refractivity contribution in [1.29, 1.82) is 0 Å². The number of hydrogen-bond acceptors (Lipinski definition) is 2. The summed E-state index contributed by atoms with van der Waals surface area (Å²) in [7, 11) is 1.38. The number of benzene rings is 2. The van der Waals surface area contributed by atoms with Gasteiger partial charge in [0.15, 0.2) is 0 Å². The first kappa shape index (κ1) is 16.6. The van der Waals surface area contributed by atoms with Crippen molar-refractivity contribution < 1.29 is 9.53 Å². The van der Waals surface area contributed by atoms with Crippen molar-refractivity contribution in [2.24, 2.45) is 0 Å². The highest BCUT2D eigenvalue weighted by molar-refractivity contribution is 5.92. The van der Waals surface area contributed by atoms with Gasteiger partial charge in [0.05, 0.1) is 12.8 Å². The number of rotatable bonds is 5. The number of amides is 1. The molecule has 0 bridgehead atoms. The first-order valence-electron chi connectivity index (χ1n) is 7.46. The van der Waals surface area contributed by atoms with Crippen LogP contribution in [-0.4, -0.2) is 19.7 Å². The molecule has 0 atom stereocenters. The number of nitrogens with zero attached hydrogens (tertiary/aromatic N) is 1. The summed E-state index contributed by atoms with van der Waals surface area (Å²) in [5, 5.41) is 0. The molecule has 3 nitrogen and oxygen atoms in total. The standard InChI is InChI=1S/C20H21NO2/c1-4-15-21(20(22)23-3)19-8-6-5-7-18(19)14-13-17-11-9-16(2)10-12-17/h4-14H,1,15H2,2-3H3/b14-13+. The molecular formula is C20H21NO2. The van der Waals surface area contributed by atoms with E-state index in [1.807, 2.05) is 36.4 Å². The summed E-state index contributed by atoms with van der Waals surface area (Å²) < 4.78 is 4.87. The Bertz CT molecular complexity index is 702. The Morgan fingerprint density at radius 1 is 1.13 bits per heavy atom. The van der Waals surface area contributed by atoms with E-state index in [-0.39, 0.29) is 0 Å². The van der Waals surface area contributed by atoms with Gasteiger partial charge in [0.1, 0.15) is 0 Å². The van der Waals surface area contributed by atoms with Crippen LogP contribution in [0.2, 0.25) is 0 Å². The number of carbonyl (C=O) groups is 1. The molecule has 0 fully saturated rings. The van der Waals surface area contributed by atoms with E-state index in [0.29, 0.717) is 6.54 Å². The number of hydrogen-bond donors (Lipinski definition) is 0. The molecule has 0 saturated heterocycles. The fourth-order valence-corrected chi connectivity index (χ4v) is 2.25. The van der Waals surface area contributed by atoms with Crippen molar-refractivity contribution in [3.63, 3.8) is 0 Å². The molecule has 0 radical (unpaired) electrons. The summed E-state index contributed by atoms with van der Waals surface area (Å²) >= 11 is 0. The molecule has 3 heteroatoms. The molecule has 0 aliphatic carbocycles. The summed E-state index contributed by atoms with van der Waals surface area (Å²) in [5.41, 5.74) is 4.08. The molecule has 0 saturated carbocycles. The normalized spacial score (nSPS) is 10.5. The summed E-state index contributed by atoms with van der Waals surface area (Å²) in [6.45, 7) is 6.16. The van der Waals surface area contributed by atoms with Crippen LogP contribution in [0.15, 0.2) is 61.2 Å². The number of anilines is 1. The second kappa shape index (κ2) is 7.99. The summed E-state index contributed by atoms with van der Waals surface area (Å²) in [6.07, 6.45) is 5.30. The lowest BCUT2D eigenvalue weighted by molar-refractivity contribution is 0.179. The smallest absolute Gasteiger partial charge is 0.414 e. The van der Waals surface area contributed by atoms with Gasteiger partial charge in [-0.2, -0.15) is 0 Å². The monoisotopic (exact) mass is 307 g/mol.